The van der Waals surface area contributed by atoms with Gasteiger partial charge in [-0.25, -0.2) is 9.78 Å². The second-order valence-electron chi connectivity index (χ2n) is 6.50. The van der Waals surface area contributed by atoms with E-state index in [1.54, 1.807) is 23.5 Å². The van der Waals surface area contributed by atoms with Gasteiger partial charge in [-0.15, -0.1) is 11.3 Å². The summed E-state index contributed by atoms with van der Waals surface area (Å²) in [7, 11) is 0. The van der Waals surface area contributed by atoms with Crippen LogP contribution in [0.5, 0.6) is 0 Å². The molecule has 1 atom stereocenters. The minimum Gasteiger partial charge on any atom is -0.478 e. The van der Waals surface area contributed by atoms with E-state index in [1.807, 2.05) is 54.3 Å². The van der Waals surface area contributed by atoms with Crippen molar-refractivity contribution in [1.82, 2.24) is 4.98 Å². The number of nitrogens with zero attached hydrogens (tertiary/aromatic N) is 2. The van der Waals surface area contributed by atoms with Gasteiger partial charge in [0.05, 0.1) is 17.2 Å². The van der Waals surface area contributed by atoms with Crippen molar-refractivity contribution in [2.75, 3.05) is 24.6 Å². The van der Waals surface area contributed by atoms with E-state index < -0.39 is 5.97 Å². The Morgan fingerprint density at radius 1 is 1.19 bits per heavy atom. The molecule has 0 aliphatic carbocycles. The van der Waals surface area contributed by atoms with E-state index in [1.165, 1.54) is 4.88 Å². The van der Waals surface area contributed by atoms with Crippen LogP contribution in [0.1, 0.15) is 26.9 Å². The summed E-state index contributed by atoms with van der Waals surface area (Å²) in [5, 5.41) is 9.65. The third-order valence-corrected chi connectivity index (χ3v) is 5.66. The van der Waals surface area contributed by atoms with Gasteiger partial charge in [-0.2, -0.15) is 0 Å². The van der Waals surface area contributed by atoms with Gasteiger partial charge in [0.2, 0.25) is 0 Å². The minimum absolute atomic E-state index is 0.101. The molecule has 1 fully saturated rings. The van der Waals surface area contributed by atoms with E-state index in [0.29, 0.717) is 25.5 Å². The monoisotopic (exact) mass is 380 g/mol. The smallest absolute Gasteiger partial charge is 0.339 e. The predicted molar refractivity (Wildman–Crippen MR) is 107 cm³/mol. The summed E-state index contributed by atoms with van der Waals surface area (Å²) in [6, 6.07) is 17.5. The molecular weight excluding hydrogens is 360 g/mol. The average Bonchev–Trinajstić information content (AvgIpc) is 3.14. The molecule has 2 aromatic heterocycles. The molecule has 4 rings (SSSR count). The van der Waals surface area contributed by atoms with Crippen LogP contribution in [0.3, 0.4) is 0 Å². The zero-order valence-electron chi connectivity index (χ0n) is 15.0. The Hall–Kier alpha value is -2.70. The molecule has 3 heterocycles. The number of rotatable bonds is 4. The van der Waals surface area contributed by atoms with Gasteiger partial charge < -0.3 is 14.7 Å². The highest BCUT2D eigenvalue weighted by molar-refractivity contribution is 7.15. The van der Waals surface area contributed by atoms with Crippen molar-refractivity contribution < 1.29 is 14.6 Å². The number of morpholine rings is 1. The van der Waals surface area contributed by atoms with Crippen molar-refractivity contribution in [3.63, 3.8) is 0 Å². The Kier molecular flexibility index (Phi) is 4.92. The molecule has 0 spiro atoms. The molecule has 1 aromatic carbocycles. The lowest BCUT2D eigenvalue weighted by atomic mass is 10.1. The van der Waals surface area contributed by atoms with E-state index in [2.05, 4.69) is 0 Å². The molecule has 138 valence electrons. The molecule has 27 heavy (non-hydrogen) atoms. The first kappa shape index (κ1) is 17.7. The number of carboxylic acids is 1. The fraction of sp³-hybridized carbons (Fsp3) is 0.238. The molecule has 1 saturated heterocycles. The van der Waals surface area contributed by atoms with Gasteiger partial charge in [0.25, 0.3) is 0 Å². The minimum atomic E-state index is -0.964. The zero-order valence-corrected chi connectivity index (χ0v) is 15.8. The highest BCUT2D eigenvalue weighted by atomic mass is 32.1. The molecule has 6 heteroatoms. The molecule has 0 amide bonds. The van der Waals surface area contributed by atoms with E-state index in [-0.39, 0.29) is 11.7 Å². The Bertz CT molecular complexity index is 955. The Balaban J connectivity index is 1.69. The highest BCUT2D eigenvalue weighted by Crippen LogP contribution is 2.32. The second kappa shape index (κ2) is 7.50. The second-order valence-corrected chi connectivity index (χ2v) is 7.79. The number of aromatic nitrogens is 1. The van der Waals surface area contributed by atoms with Crippen LogP contribution in [-0.2, 0) is 4.74 Å². The lowest BCUT2D eigenvalue weighted by molar-refractivity contribution is 0.0393. The molecule has 3 aromatic rings. The standard InChI is InChI=1S/C21H20N2O3S/c1-14-7-10-19(27-14)17-9-8-16(21(24)25)20(22-17)23-11-12-26-18(13-23)15-5-3-2-4-6-15/h2-10,18H,11-13H2,1H3,(H,24,25). The number of carbonyl (C=O) groups is 1. The number of thiophene rings is 1. The van der Waals surface area contributed by atoms with E-state index in [0.717, 1.165) is 16.1 Å². The van der Waals surface area contributed by atoms with Crippen LogP contribution in [0.25, 0.3) is 10.6 Å². The van der Waals surface area contributed by atoms with E-state index >= 15 is 0 Å². The van der Waals surface area contributed by atoms with Crippen molar-refractivity contribution in [2.24, 2.45) is 0 Å². The van der Waals surface area contributed by atoms with Crippen molar-refractivity contribution in [3.8, 4) is 10.6 Å². The fourth-order valence-electron chi connectivity index (χ4n) is 3.28. The predicted octanol–water partition coefficient (Wildman–Crippen LogP) is 4.39. The lowest BCUT2D eigenvalue weighted by Gasteiger charge is -2.34. The summed E-state index contributed by atoms with van der Waals surface area (Å²) in [6.45, 7) is 3.77. The van der Waals surface area contributed by atoms with Gasteiger partial charge in [-0.1, -0.05) is 30.3 Å². The summed E-state index contributed by atoms with van der Waals surface area (Å²) >= 11 is 1.65. The van der Waals surface area contributed by atoms with Gasteiger partial charge in [0.15, 0.2) is 0 Å². The van der Waals surface area contributed by atoms with Gasteiger partial charge in [-0.3, -0.25) is 0 Å². The number of aryl methyl sites for hydroxylation is 1. The molecular formula is C21H20N2O3S. The van der Waals surface area contributed by atoms with Crippen LogP contribution in [0, 0.1) is 6.92 Å². The fourth-order valence-corrected chi connectivity index (χ4v) is 4.11. The molecule has 1 unspecified atom stereocenters. The largest absolute Gasteiger partial charge is 0.478 e. The Labute approximate surface area is 161 Å². The highest BCUT2D eigenvalue weighted by Gasteiger charge is 2.26. The Morgan fingerprint density at radius 3 is 2.70 bits per heavy atom. The first-order valence-electron chi connectivity index (χ1n) is 8.84. The topological polar surface area (TPSA) is 62.7 Å². The maximum atomic E-state index is 11.8. The lowest BCUT2D eigenvalue weighted by Crippen LogP contribution is -2.39. The normalized spacial score (nSPS) is 17.1. The average molecular weight is 380 g/mol. The van der Waals surface area contributed by atoms with Crippen molar-refractivity contribution in [3.05, 3.63) is 70.6 Å². The third kappa shape index (κ3) is 3.72. The summed E-state index contributed by atoms with van der Waals surface area (Å²) in [4.78, 5) is 20.8. The zero-order chi connectivity index (χ0) is 18.8. The molecule has 0 bridgehead atoms. The molecule has 5 nitrogen and oxygen atoms in total. The van der Waals surface area contributed by atoms with Crippen molar-refractivity contribution in [1.29, 1.82) is 0 Å². The van der Waals surface area contributed by atoms with Crippen LogP contribution >= 0.6 is 11.3 Å². The number of pyridine rings is 1. The quantitative estimate of drug-likeness (QED) is 0.727. The first-order chi connectivity index (χ1) is 13.1. The van der Waals surface area contributed by atoms with Gasteiger partial charge in [0, 0.05) is 18.0 Å². The van der Waals surface area contributed by atoms with Crippen LogP contribution in [0.15, 0.2) is 54.6 Å². The number of aromatic carboxylic acids is 1. The molecule has 1 N–H and O–H groups in total. The summed E-state index contributed by atoms with van der Waals surface area (Å²) < 4.78 is 5.92. The molecule has 0 saturated carbocycles. The van der Waals surface area contributed by atoms with Crippen molar-refractivity contribution in [2.45, 2.75) is 13.0 Å². The maximum Gasteiger partial charge on any atom is 0.339 e. The van der Waals surface area contributed by atoms with E-state index in [9.17, 15) is 9.90 Å². The summed E-state index contributed by atoms with van der Waals surface area (Å²) in [6.07, 6.45) is -0.101. The number of ether oxygens (including phenoxy) is 1. The summed E-state index contributed by atoms with van der Waals surface area (Å²) in [5.74, 6) is -0.454. The number of benzene rings is 1. The first-order valence-corrected chi connectivity index (χ1v) is 9.66. The molecule has 0 radical (unpaired) electrons. The number of anilines is 1. The van der Waals surface area contributed by atoms with Crippen molar-refractivity contribution >= 4 is 23.1 Å². The van der Waals surface area contributed by atoms with Gasteiger partial charge >= 0.3 is 5.97 Å². The molecule has 1 aliphatic heterocycles. The van der Waals surface area contributed by atoms with E-state index in [4.69, 9.17) is 9.72 Å². The number of hydrogen-bond donors (Lipinski definition) is 1. The maximum absolute atomic E-state index is 11.8. The number of carboxylic acid groups (broad SMARTS) is 1. The van der Waals surface area contributed by atoms with Crippen LogP contribution in [0.4, 0.5) is 5.82 Å². The van der Waals surface area contributed by atoms with Crippen LogP contribution in [-0.4, -0.2) is 35.8 Å². The number of hydrogen-bond acceptors (Lipinski definition) is 5. The van der Waals surface area contributed by atoms with Crippen LogP contribution in [0.2, 0.25) is 0 Å². The molecule has 1 aliphatic rings. The SMILES string of the molecule is Cc1ccc(-c2ccc(C(=O)O)c(N3CCOC(c4ccccc4)C3)n2)s1. The van der Waals surface area contributed by atoms with Gasteiger partial charge in [-0.05, 0) is 36.8 Å². The summed E-state index contributed by atoms with van der Waals surface area (Å²) in [5.41, 5.74) is 2.11. The van der Waals surface area contributed by atoms with Gasteiger partial charge in [0.1, 0.15) is 17.5 Å². The Morgan fingerprint density at radius 2 is 2.00 bits per heavy atom. The third-order valence-electron chi connectivity index (χ3n) is 4.64. The van der Waals surface area contributed by atoms with Crippen LogP contribution < -0.4 is 4.90 Å².